The van der Waals surface area contributed by atoms with Crippen LogP contribution in [0.25, 0.3) is 0 Å². The van der Waals surface area contributed by atoms with Gasteiger partial charge in [-0.3, -0.25) is 4.79 Å². The van der Waals surface area contributed by atoms with Crippen molar-refractivity contribution in [2.75, 3.05) is 39.5 Å². The van der Waals surface area contributed by atoms with Gasteiger partial charge in [0.25, 0.3) is 0 Å². The number of hydrogen-bond acceptors (Lipinski definition) is 5. The second-order valence-corrected chi connectivity index (χ2v) is 9.28. The Kier molecular flexibility index (Phi) is 5.34. The zero-order chi connectivity index (χ0) is 18.0. The number of fused-ring (bicyclic) bond motifs is 1. The Morgan fingerprint density at radius 3 is 2.76 bits per heavy atom. The van der Waals surface area contributed by atoms with E-state index in [1.165, 1.54) is 0 Å². The Bertz CT molecular complexity index is 734. The topological polar surface area (TPSA) is 66.9 Å². The Balaban J connectivity index is 1.69. The minimum absolute atomic E-state index is 0.0216. The fraction of sp³-hybridized carbons (Fsp3) is 0.611. The normalized spacial score (nSPS) is 26.6. The Labute approximate surface area is 149 Å². The summed E-state index contributed by atoms with van der Waals surface area (Å²) in [5, 5.41) is -0.346. The number of ether oxygens (including phenoxy) is 1. The highest BCUT2D eigenvalue weighted by Gasteiger charge is 2.41. The number of nitrogens with zero attached hydrogens (tertiary/aromatic N) is 2. The van der Waals surface area contributed by atoms with Crippen LogP contribution in [0.2, 0.25) is 0 Å². The molecule has 2 fully saturated rings. The summed E-state index contributed by atoms with van der Waals surface area (Å²) < 4.78 is 30.0. The molecule has 3 rings (SSSR count). The quantitative estimate of drug-likeness (QED) is 0.797. The maximum absolute atomic E-state index is 12.7. The number of likely N-dealkylation sites (tertiary alicyclic amines) is 1. The van der Waals surface area contributed by atoms with Gasteiger partial charge in [-0.25, -0.2) is 8.42 Å². The van der Waals surface area contributed by atoms with Gasteiger partial charge in [0.1, 0.15) is 5.75 Å². The fourth-order valence-electron chi connectivity index (χ4n) is 3.89. The van der Waals surface area contributed by atoms with E-state index in [0.717, 1.165) is 11.3 Å². The van der Waals surface area contributed by atoms with E-state index in [9.17, 15) is 13.2 Å². The highest BCUT2D eigenvalue weighted by molar-refractivity contribution is 7.92. The minimum atomic E-state index is -3.05. The van der Waals surface area contributed by atoms with E-state index in [0.29, 0.717) is 38.9 Å². The molecule has 0 aliphatic carbocycles. The minimum Gasteiger partial charge on any atom is -0.497 e. The van der Waals surface area contributed by atoms with E-state index < -0.39 is 9.84 Å². The average molecular weight is 366 g/mol. The van der Waals surface area contributed by atoms with E-state index in [1.807, 2.05) is 36.2 Å². The van der Waals surface area contributed by atoms with Gasteiger partial charge >= 0.3 is 0 Å². The lowest BCUT2D eigenvalue weighted by Crippen LogP contribution is -2.52. The van der Waals surface area contributed by atoms with Crippen LogP contribution in [0.5, 0.6) is 5.75 Å². The van der Waals surface area contributed by atoms with Crippen LogP contribution in [0.4, 0.5) is 0 Å². The van der Waals surface area contributed by atoms with Gasteiger partial charge in [0.15, 0.2) is 9.84 Å². The van der Waals surface area contributed by atoms with Crippen LogP contribution in [0.15, 0.2) is 24.3 Å². The van der Waals surface area contributed by atoms with Gasteiger partial charge < -0.3 is 14.5 Å². The van der Waals surface area contributed by atoms with Crippen LogP contribution in [0.1, 0.15) is 18.4 Å². The zero-order valence-electron chi connectivity index (χ0n) is 14.8. The summed E-state index contributed by atoms with van der Waals surface area (Å²) in [7, 11) is 0.539. The van der Waals surface area contributed by atoms with Gasteiger partial charge in [0, 0.05) is 25.7 Å². The third kappa shape index (κ3) is 3.98. The van der Waals surface area contributed by atoms with Crippen molar-refractivity contribution < 1.29 is 17.9 Å². The van der Waals surface area contributed by atoms with Crippen molar-refractivity contribution in [3.63, 3.8) is 0 Å². The molecule has 2 aliphatic heterocycles. The number of hydrogen-bond donors (Lipinski definition) is 0. The van der Waals surface area contributed by atoms with Crippen LogP contribution in [-0.2, 0) is 21.1 Å². The summed E-state index contributed by atoms with van der Waals surface area (Å²) in [4.78, 5) is 16.7. The molecule has 0 unspecified atom stereocenters. The molecule has 1 aromatic rings. The average Bonchev–Trinajstić information content (AvgIpc) is 2.83. The third-order valence-electron chi connectivity index (χ3n) is 5.41. The van der Waals surface area contributed by atoms with E-state index >= 15 is 0 Å². The van der Waals surface area contributed by atoms with E-state index in [1.54, 1.807) is 7.11 Å². The number of rotatable bonds is 3. The summed E-state index contributed by atoms with van der Waals surface area (Å²) >= 11 is 0. The first-order chi connectivity index (χ1) is 11.9. The number of sulfone groups is 1. The van der Waals surface area contributed by atoms with Crippen molar-refractivity contribution in [2.45, 2.75) is 30.6 Å². The smallest absolute Gasteiger partial charge is 0.226 e. The molecule has 1 amide bonds. The van der Waals surface area contributed by atoms with E-state index in [-0.39, 0.29) is 23.0 Å². The second kappa shape index (κ2) is 7.33. The van der Waals surface area contributed by atoms with Crippen LogP contribution in [0.3, 0.4) is 0 Å². The predicted octanol–water partition coefficient (Wildman–Crippen LogP) is 0.958. The lowest BCUT2D eigenvalue weighted by Gasteiger charge is -2.37. The molecule has 2 saturated heterocycles. The molecule has 138 valence electrons. The summed E-state index contributed by atoms with van der Waals surface area (Å²) in [6.45, 7) is 1.71. The molecule has 7 heteroatoms. The molecule has 0 radical (unpaired) electrons. The molecular formula is C18H26N2O4S. The van der Waals surface area contributed by atoms with Gasteiger partial charge in [-0.2, -0.15) is 0 Å². The molecule has 0 spiro atoms. The number of carbonyl (C=O) groups excluding carboxylic acids is 1. The van der Waals surface area contributed by atoms with Gasteiger partial charge in [-0.15, -0.1) is 0 Å². The fourth-order valence-corrected chi connectivity index (χ4v) is 6.02. The lowest BCUT2D eigenvalue weighted by molar-refractivity contribution is -0.130. The predicted molar refractivity (Wildman–Crippen MR) is 96.5 cm³/mol. The molecule has 1 aromatic carbocycles. The molecule has 25 heavy (non-hydrogen) atoms. The Morgan fingerprint density at radius 1 is 1.24 bits per heavy atom. The summed E-state index contributed by atoms with van der Waals surface area (Å²) in [5.74, 6) is 1.01. The molecule has 6 nitrogen and oxygen atoms in total. The Hall–Kier alpha value is -1.60. The standard InChI is InChI=1S/C18H26N2O4S/c1-19-10-11-25(22,23)17-7-9-20(8-6-16(17)19)18(21)13-14-4-3-5-15(12-14)24-2/h3-5,12,16-17H,6-11,13H2,1-2H3/t16-,17+/m0/s1. The van der Waals surface area contributed by atoms with Crippen LogP contribution in [0, 0.1) is 0 Å². The van der Waals surface area contributed by atoms with Crippen molar-refractivity contribution in [3.05, 3.63) is 29.8 Å². The summed E-state index contributed by atoms with van der Waals surface area (Å²) in [5.41, 5.74) is 0.913. The SMILES string of the molecule is COc1cccc(CC(=O)N2CC[C@@H]3[C@H](CC2)N(C)CCS3(=O)=O)c1. The van der Waals surface area contributed by atoms with Crippen molar-refractivity contribution in [2.24, 2.45) is 0 Å². The van der Waals surface area contributed by atoms with Gasteiger partial charge in [-0.1, -0.05) is 12.1 Å². The molecular weight excluding hydrogens is 340 g/mol. The highest BCUT2D eigenvalue weighted by atomic mass is 32.2. The van der Waals surface area contributed by atoms with Crippen LogP contribution in [-0.4, -0.2) is 75.0 Å². The van der Waals surface area contributed by atoms with Crippen LogP contribution < -0.4 is 4.74 Å². The van der Waals surface area contributed by atoms with Gasteiger partial charge in [-0.05, 0) is 37.6 Å². The first-order valence-electron chi connectivity index (χ1n) is 8.73. The monoisotopic (exact) mass is 366 g/mol. The molecule has 0 bridgehead atoms. The molecule has 2 aliphatic rings. The van der Waals surface area contributed by atoms with Crippen LogP contribution >= 0.6 is 0 Å². The molecule has 0 aromatic heterocycles. The second-order valence-electron chi connectivity index (χ2n) is 6.94. The van der Waals surface area contributed by atoms with Crippen molar-refractivity contribution in [1.82, 2.24) is 9.80 Å². The van der Waals surface area contributed by atoms with E-state index in [4.69, 9.17) is 4.74 Å². The number of methoxy groups -OCH3 is 1. The van der Waals surface area contributed by atoms with Crippen molar-refractivity contribution in [1.29, 1.82) is 0 Å². The zero-order valence-corrected chi connectivity index (χ0v) is 15.7. The molecule has 0 saturated carbocycles. The molecule has 2 atom stereocenters. The summed E-state index contributed by atoms with van der Waals surface area (Å²) in [6.07, 6.45) is 1.56. The third-order valence-corrected chi connectivity index (χ3v) is 7.63. The first-order valence-corrected chi connectivity index (χ1v) is 10.4. The van der Waals surface area contributed by atoms with Gasteiger partial charge in [0.2, 0.25) is 5.91 Å². The van der Waals surface area contributed by atoms with Crippen molar-refractivity contribution >= 4 is 15.7 Å². The van der Waals surface area contributed by atoms with E-state index in [2.05, 4.69) is 4.90 Å². The molecule has 0 N–H and O–H groups in total. The Morgan fingerprint density at radius 2 is 2.00 bits per heavy atom. The van der Waals surface area contributed by atoms with Gasteiger partial charge in [0.05, 0.1) is 24.5 Å². The van der Waals surface area contributed by atoms with Crippen molar-refractivity contribution in [3.8, 4) is 5.75 Å². The largest absolute Gasteiger partial charge is 0.497 e. The summed E-state index contributed by atoms with van der Waals surface area (Å²) in [6, 6.07) is 7.53. The molecule has 2 heterocycles. The number of amides is 1. The maximum Gasteiger partial charge on any atom is 0.226 e. The number of benzene rings is 1. The highest BCUT2D eigenvalue weighted by Crippen LogP contribution is 2.27. The lowest BCUT2D eigenvalue weighted by atomic mass is 10.1. The maximum atomic E-state index is 12.7. The number of carbonyl (C=O) groups is 1. The first kappa shape index (κ1) is 18.2.